The summed E-state index contributed by atoms with van der Waals surface area (Å²) in [5.41, 5.74) is 2.95. The van der Waals surface area contributed by atoms with E-state index in [0.717, 1.165) is 41.0 Å². The molecule has 2 aromatic rings. The largest absolute Gasteiger partial charge is 0.303 e. The third kappa shape index (κ3) is 3.14. The summed E-state index contributed by atoms with van der Waals surface area (Å²) in [6, 6.07) is 7.70. The quantitative estimate of drug-likeness (QED) is 0.766. The minimum atomic E-state index is -0.202. The van der Waals surface area contributed by atoms with Crippen LogP contribution in [0.25, 0.3) is 11.9 Å². The number of aromatic nitrogens is 2. The highest BCUT2D eigenvalue weighted by Crippen LogP contribution is 2.35. The van der Waals surface area contributed by atoms with E-state index in [1.54, 1.807) is 6.20 Å². The van der Waals surface area contributed by atoms with Crippen LogP contribution in [0, 0.1) is 13.8 Å². The van der Waals surface area contributed by atoms with Gasteiger partial charge in [0.15, 0.2) is 0 Å². The number of thioether (sulfide) groups is 1. The van der Waals surface area contributed by atoms with Crippen LogP contribution in [0.5, 0.6) is 0 Å². The molecule has 3 rings (SSSR count). The number of carbonyl (C=O) groups is 2. The van der Waals surface area contributed by atoms with E-state index < -0.39 is 0 Å². The molecule has 1 atom stereocenters. The molecule has 1 saturated heterocycles. The van der Waals surface area contributed by atoms with Gasteiger partial charge in [-0.25, -0.2) is 4.98 Å². The second-order valence-electron chi connectivity index (χ2n) is 6.16. The number of amides is 2. The Morgan fingerprint density at radius 3 is 2.68 bits per heavy atom. The molecule has 0 aromatic carbocycles. The number of imide groups is 1. The van der Waals surface area contributed by atoms with Gasteiger partial charge in [-0.15, -0.1) is 0 Å². The van der Waals surface area contributed by atoms with E-state index in [0.29, 0.717) is 4.91 Å². The highest BCUT2D eigenvalue weighted by molar-refractivity contribution is 8.18. The Labute approximate surface area is 151 Å². The molecule has 6 heteroatoms. The van der Waals surface area contributed by atoms with E-state index in [2.05, 4.69) is 4.98 Å². The monoisotopic (exact) mass is 355 g/mol. The maximum atomic E-state index is 12.6. The summed E-state index contributed by atoms with van der Waals surface area (Å²) < 4.78 is 2.05. The number of aryl methyl sites for hydroxylation is 1. The van der Waals surface area contributed by atoms with Gasteiger partial charge in [0.1, 0.15) is 5.82 Å². The Morgan fingerprint density at radius 2 is 2.04 bits per heavy atom. The topological polar surface area (TPSA) is 55.2 Å². The van der Waals surface area contributed by atoms with Crippen LogP contribution in [0.15, 0.2) is 35.4 Å². The summed E-state index contributed by atoms with van der Waals surface area (Å²) in [7, 11) is 0. The number of carbonyl (C=O) groups excluding carboxylic acids is 2. The fourth-order valence-electron chi connectivity index (χ4n) is 2.96. The van der Waals surface area contributed by atoms with Crippen molar-refractivity contribution < 1.29 is 9.59 Å². The Bertz CT molecular complexity index is 855. The molecule has 5 nitrogen and oxygen atoms in total. The molecule has 130 valence electrons. The first-order chi connectivity index (χ1) is 11.9. The molecule has 3 heterocycles. The molecular formula is C19H21N3O2S. The van der Waals surface area contributed by atoms with Crippen molar-refractivity contribution in [1.29, 1.82) is 0 Å². The van der Waals surface area contributed by atoms with Crippen molar-refractivity contribution in [3.63, 3.8) is 0 Å². The molecule has 0 N–H and O–H groups in total. The smallest absolute Gasteiger partial charge is 0.293 e. The highest BCUT2D eigenvalue weighted by atomic mass is 32.2. The first-order valence-electron chi connectivity index (χ1n) is 8.31. The second kappa shape index (κ2) is 6.88. The molecule has 0 bridgehead atoms. The summed E-state index contributed by atoms with van der Waals surface area (Å²) in [4.78, 5) is 31.0. The maximum absolute atomic E-state index is 12.6. The maximum Gasteiger partial charge on any atom is 0.293 e. The van der Waals surface area contributed by atoms with Gasteiger partial charge in [-0.1, -0.05) is 13.0 Å². The summed E-state index contributed by atoms with van der Waals surface area (Å²) in [5, 5.41) is -0.191. The number of hydrogen-bond acceptors (Lipinski definition) is 4. The average molecular weight is 355 g/mol. The van der Waals surface area contributed by atoms with Crippen molar-refractivity contribution >= 4 is 29.0 Å². The lowest BCUT2D eigenvalue weighted by Gasteiger charge is -2.19. The van der Waals surface area contributed by atoms with E-state index in [1.165, 1.54) is 4.90 Å². The normalized spacial score (nSPS) is 17.6. The standard InChI is InChI=1S/C19H21N3O2S/c1-5-12(2)22-18(23)16(25-19(22)24)11-15-10-13(3)21(14(15)4)17-8-6-7-9-20-17/h6-12H,5H2,1-4H3/b16-11-/t12-/m1/s1. The Hall–Kier alpha value is -2.34. The molecule has 1 aliphatic rings. The number of hydrogen-bond donors (Lipinski definition) is 0. The third-order valence-electron chi connectivity index (χ3n) is 4.49. The van der Waals surface area contributed by atoms with Gasteiger partial charge in [0.05, 0.1) is 4.91 Å². The van der Waals surface area contributed by atoms with Gasteiger partial charge in [0.25, 0.3) is 11.1 Å². The molecule has 1 fully saturated rings. The minimum absolute atomic E-state index is 0.0839. The SMILES string of the molecule is CC[C@@H](C)N1C(=O)S/C(=C\c2cc(C)n(-c3ccccn3)c2C)C1=O. The van der Waals surface area contributed by atoms with Gasteiger partial charge in [-0.3, -0.25) is 14.5 Å². The average Bonchev–Trinajstić information content (AvgIpc) is 3.03. The van der Waals surface area contributed by atoms with Crippen LogP contribution in [0.2, 0.25) is 0 Å². The van der Waals surface area contributed by atoms with Crippen molar-refractivity contribution in [1.82, 2.24) is 14.5 Å². The van der Waals surface area contributed by atoms with Gasteiger partial charge >= 0.3 is 0 Å². The van der Waals surface area contributed by atoms with Crippen LogP contribution in [-0.2, 0) is 4.79 Å². The zero-order valence-electron chi connectivity index (χ0n) is 14.8. The first kappa shape index (κ1) is 17.5. The van der Waals surface area contributed by atoms with Crippen LogP contribution >= 0.6 is 11.8 Å². The number of pyridine rings is 1. The van der Waals surface area contributed by atoms with Crippen molar-refractivity contribution in [2.75, 3.05) is 0 Å². The summed E-state index contributed by atoms with van der Waals surface area (Å²) in [6.45, 7) is 7.86. The second-order valence-corrected chi connectivity index (χ2v) is 7.15. The molecule has 0 radical (unpaired) electrons. The van der Waals surface area contributed by atoms with Crippen LogP contribution in [0.3, 0.4) is 0 Å². The summed E-state index contributed by atoms with van der Waals surface area (Å²) >= 11 is 1.01. The van der Waals surface area contributed by atoms with Crippen LogP contribution in [0.1, 0.15) is 37.2 Å². The fraction of sp³-hybridized carbons (Fsp3) is 0.316. The number of nitrogens with zero attached hydrogens (tertiary/aromatic N) is 3. The third-order valence-corrected chi connectivity index (χ3v) is 5.37. The van der Waals surface area contributed by atoms with Gasteiger partial charge in [0.2, 0.25) is 0 Å². The zero-order chi connectivity index (χ0) is 18.1. The highest BCUT2D eigenvalue weighted by Gasteiger charge is 2.37. The zero-order valence-corrected chi connectivity index (χ0v) is 15.6. The van der Waals surface area contributed by atoms with E-state index >= 15 is 0 Å². The van der Waals surface area contributed by atoms with Gasteiger partial charge < -0.3 is 4.57 Å². The molecule has 0 spiro atoms. The number of rotatable bonds is 4. The van der Waals surface area contributed by atoms with Gasteiger partial charge in [-0.05, 0) is 68.8 Å². The Kier molecular flexibility index (Phi) is 4.81. The molecule has 0 unspecified atom stereocenters. The van der Waals surface area contributed by atoms with Crippen LogP contribution in [0.4, 0.5) is 4.79 Å². The molecule has 2 amide bonds. The van der Waals surface area contributed by atoms with E-state index in [-0.39, 0.29) is 17.2 Å². The first-order valence-corrected chi connectivity index (χ1v) is 9.13. The van der Waals surface area contributed by atoms with Crippen LogP contribution in [-0.4, -0.2) is 31.6 Å². The predicted octanol–water partition coefficient (Wildman–Crippen LogP) is 4.32. The molecule has 1 aliphatic heterocycles. The fourth-order valence-corrected chi connectivity index (χ4v) is 3.88. The lowest BCUT2D eigenvalue weighted by Crippen LogP contribution is -2.36. The Balaban J connectivity index is 1.98. The summed E-state index contributed by atoms with van der Waals surface area (Å²) in [5.74, 6) is 0.636. The lowest BCUT2D eigenvalue weighted by atomic mass is 10.2. The predicted molar refractivity (Wildman–Crippen MR) is 101 cm³/mol. The minimum Gasteiger partial charge on any atom is -0.303 e. The van der Waals surface area contributed by atoms with E-state index in [1.807, 2.05) is 62.6 Å². The van der Waals surface area contributed by atoms with Crippen molar-refractivity contribution in [3.05, 3.63) is 52.3 Å². The van der Waals surface area contributed by atoms with Crippen molar-refractivity contribution in [3.8, 4) is 5.82 Å². The van der Waals surface area contributed by atoms with E-state index in [4.69, 9.17) is 0 Å². The van der Waals surface area contributed by atoms with Crippen molar-refractivity contribution in [2.24, 2.45) is 0 Å². The molecule has 0 aliphatic carbocycles. The van der Waals surface area contributed by atoms with Gasteiger partial charge in [-0.2, -0.15) is 0 Å². The van der Waals surface area contributed by atoms with E-state index in [9.17, 15) is 9.59 Å². The molecule has 2 aromatic heterocycles. The molecular weight excluding hydrogens is 334 g/mol. The Morgan fingerprint density at radius 1 is 1.28 bits per heavy atom. The van der Waals surface area contributed by atoms with Gasteiger partial charge in [0, 0.05) is 23.6 Å². The van der Waals surface area contributed by atoms with Crippen molar-refractivity contribution in [2.45, 2.75) is 40.2 Å². The lowest BCUT2D eigenvalue weighted by molar-refractivity contribution is -0.124. The summed E-state index contributed by atoms with van der Waals surface area (Å²) in [6.07, 6.45) is 4.32. The molecule has 25 heavy (non-hydrogen) atoms. The molecule has 0 saturated carbocycles. The van der Waals surface area contributed by atoms with Crippen LogP contribution < -0.4 is 0 Å².